The second-order valence-electron chi connectivity index (χ2n) is 6.86. The van der Waals surface area contributed by atoms with Crippen LogP contribution in [0.5, 0.6) is 0 Å². The van der Waals surface area contributed by atoms with Gasteiger partial charge in [0.2, 0.25) is 0 Å². The van der Waals surface area contributed by atoms with E-state index in [0.29, 0.717) is 12.0 Å². The Morgan fingerprint density at radius 2 is 2.17 bits per heavy atom. The van der Waals surface area contributed by atoms with Crippen LogP contribution < -0.4 is 10.2 Å². The fourth-order valence-electron chi connectivity index (χ4n) is 3.60. The van der Waals surface area contributed by atoms with Crippen molar-refractivity contribution in [3.63, 3.8) is 0 Å². The standard InChI is InChI=1S/C18H24ClN3OS/c19-14-3-4-16-17(10-14)24-18(21-16)22-7-5-15(6-8-22)20-11-13-2-1-9-23-12-13/h3-4,10,13,15,20H,1-2,5-9,11-12H2. The Balaban J connectivity index is 1.30. The van der Waals surface area contributed by atoms with E-state index in [1.807, 2.05) is 18.2 Å². The van der Waals surface area contributed by atoms with Crippen molar-refractivity contribution >= 4 is 38.3 Å². The summed E-state index contributed by atoms with van der Waals surface area (Å²) in [6, 6.07) is 6.57. The molecule has 2 aromatic rings. The Kier molecular flexibility index (Phi) is 5.22. The Bertz CT molecular complexity index is 678. The van der Waals surface area contributed by atoms with Gasteiger partial charge in [0.1, 0.15) is 0 Å². The first-order chi connectivity index (χ1) is 11.8. The van der Waals surface area contributed by atoms with Crippen LogP contribution in [0.25, 0.3) is 10.2 Å². The molecule has 24 heavy (non-hydrogen) atoms. The minimum absolute atomic E-state index is 0.631. The van der Waals surface area contributed by atoms with E-state index in [9.17, 15) is 0 Å². The molecule has 1 atom stereocenters. The molecule has 1 unspecified atom stereocenters. The molecule has 0 saturated carbocycles. The van der Waals surface area contributed by atoms with Crippen molar-refractivity contribution in [2.45, 2.75) is 31.7 Å². The van der Waals surface area contributed by atoms with E-state index < -0.39 is 0 Å². The van der Waals surface area contributed by atoms with E-state index in [-0.39, 0.29) is 0 Å². The van der Waals surface area contributed by atoms with Crippen molar-refractivity contribution in [3.05, 3.63) is 23.2 Å². The van der Waals surface area contributed by atoms with Crippen LogP contribution in [0.15, 0.2) is 18.2 Å². The maximum atomic E-state index is 6.08. The molecule has 0 radical (unpaired) electrons. The average molecular weight is 366 g/mol. The molecule has 2 saturated heterocycles. The Morgan fingerprint density at radius 3 is 2.96 bits per heavy atom. The van der Waals surface area contributed by atoms with Gasteiger partial charge in [-0.15, -0.1) is 0 Å². The molecule has 0 amide bonds. The maximum absolute atomic E-state index is 6.08. The van der Waals surface area contributed by atoms with Crippen molar-refractivity contribution in [3.8, 4) is 0 Å². The highest BCUT2D eigenvalue weighted by molar-refractivity contribution is 7.22. The third-order valence-corrected chi connectivity index (χ3v) is 6.37. The topological polar surface area (TPSA) is 37.4 Å². The maximum Gasteiger partial charge on any atom is 0.186 e. The molecule has 0 bridgehead atoms. The van der Waals surface area contributed by atoms with Gasteiger partial charge in [0.15, 0.2) is 5.13 Å². The van der Waals surface area contributed by atoms with Crippen molar-refractivity contribution in [1.82, 2.24) is 10.3 Å². The number of nitrogens with zero attached hydrogens (tertiary/aromatic N) is 2. The molecule has 2 aliphatic heterocycles. The first-order valence-corrected chi connectivity index (χ1v) is 10.1. The molecule has 2 fully saturated rings. The van der Waals surface area contributed by atoms with Gasteiger partial charge in [-0.25, -0.2) is 4.98 Å². The molecule has 3 heterocycles. The minimum Gasteiger partial charge on any atom is -0.381 e. The minimum atomic E-state index is 0.631. The molecule has 1 N–H and O–H groups in total. The third-order valence-electron chi connectivity index (χ3n) is 5.05. The van der Waals surface area contributed by atoms with Crippen molar-refractivity contribution < 1.29 is 4.74 Å². The van der Waals surface area contributed by atoms with Gasteiger partial charge in [-0.3, -0.25) is 0 Å². The molecule has 1 aromatic carbocycles. The number of fused-ring (bicyclic) bond motifs is 1. The van der Waals surface area contributed by atoms with E-state index >= 15 is 0 Å². The van der Waals surface area contributed by atoms with Crippen molar-refractivity contribution in [1.29, 1.82) is 0 Å². The van der Waals surface area contributed by atoms with Gasteiger partial charge in [-0.1, -0.05) is 22.9 Å². The number of hydrogen-bond acceptors (Lipinski definition) is 5. The molecule has 0 spiro atoms. The Hall–Kier alpha value is -0.880. The number of ether oxygens (including phenoxy) is 1. The fourth-order valence-corrected chi connectivity index (χ4v) is 4.89. The van der Waals surface area contributed by atoms with Gasteiger partial charge in [-0.05, 0) is 49.8 Å². The van der Waals surface area contributed by atoms with Gasteiger partial charge in [0.25, 0.3) is 0 Å². The molecular formula is C18H24ClN3OS. The molecular weight excluding hydrogens is 342 g/mol. The average Bonchev–Trinajstić information content (AvgIpc) is 3.04. The Labute approximate surface area is 152 Å². The number of piperidine rings is 1. The van der Waals surface area contributed by atoms with Gasteiger partial charge in [-0.2, -0.15) is 0 Å². The van der Waals surface area contributed by atoms with Gasteiger partial charge in [0.05, 0.1) is 16.8 Å². The number of nitrogens with one attached hydrogen (secondary N) is 1. The third kappa shape index (κ3) is 3.85. The number of aromatic nitrogens is 1. The smallest absolute Gasteiger partial charge is 0.186 e. The molecule has 130 valence electrons. The van der Waals surface area contributed by atoms with Gasteiger partial charge >= 0.3 is 0 Å². The predicted molar refractivity (Wildman–Crippen MR) is 101 cm³/mol. The van der Waals surface area contributed by atoms with E-state index in [1.165, 1.54) is 30.4 Å². The SMILES string of the molecule is Clc1ccc2nc(N3CCC(NCC4CCCOC4)CC3)sc2c1. The lowest BCUT2D eigenvalue weighted by molar-refractivity contribution is 0.0535. The van der Waals surface area contributed by atoms with Crippen molar-refractivity contribution in [2.24, 2.45) is 5.92 Å². The van der Waals surface area contributed by atoms with Gasteiger partial charge < -0.3 is 15.0 Å². The highest BCUT2D eigenvalue weighted by Gasteiger charge is 2.22. The van der Waals surface area contributed by atoms with E-state index in [0.717, 1.165) is 48.5 Å². The zero-order valence-electron chi connectivity index (χ0n) is 13.8. The zero-order chi connectivity index (χ0) is 16.4. The van der Waals surface area contributed by atoms with Gasteiger partial charge in [0, 0.05) is 37.3 Å². The number of rotatable bonds is 4. The first kappa shape index (κ1) is 16.6. The number of benzene rings is 1. The lowest BCUT2D eigenvalue weighted by atomic mass is 10.00. The summed E-state index contributed by atoms with van der Waals surface area (Å²) in [6.45, 7) is 5.13. The Morgan fingerprint density at radius 1 is 1.29 bits per heavy atom. The normalized spacial score (nSPS) is 23.0. The molecule has 2 aliphatic rings. The number of anilines is 1. The van der Waals surface area contributed by atoms with Crippen LogP contribution in [0.4, 0.5) is 5.13 Å². The number of thiazole rings is 1. The lowest BCUT2D eigenvalue weighted by Gasteiger charge is -2.33. The highest BCUT2D eigenvalue weighted by atomic mass is 35.5. The monoisotopic (exact) mass is 365 g/mol. The second-order valence-corrected chi connectivity index (χ2v) is 8.31. The number of hydrogen-bond donors (Lipinski definition) is 1. The summed E-state index contributed by atoms with van der Waals surface area (Å²) in [5, 5.41) is 5.67. The summed E-state index contributed by atoms with van der Waals surface area (Å²) in [5.74, 6) is 0.700. The quantitative estimate of drug-likeness (QED) is 0.890. The highest BCUT2D eigenvalue weighted by Crippen LogP contribution is 2.32. The zero-order valence-corrected chi connectivity index (χ0v) is 15.4. The van der Waals surface area contributed by atoms with E-state index in [2.05, 4.69) is 10.2 Å². The first-order valence-electron chi connectivity index (χ1n) is 8.90. The molecule has 6 heteroatoms. The van der Waals surface area contributed by atoms with Crippen LogP contribution in [0.1, 0.15) is 25.7 Å². The summed E-state index contributed by atoms with van der Waals surface area (Å²) in [4.78, 5) is 7.19. The van der Waals surface area contributed by atoms with Crippen LogP contribution in [-0.2, 0) is 4.74 Å². The summed E-state index contributed by atoms with van der Waals surface area (Å²) in [6.07, 6.45) is 4.89. The second kappa shape index (κ2) is 7.56. The summed E-state index contributed by atoms with van der Waals surface area (Å²) in [7, 11) is 0. The molecule has 0 aliphatic carbocycles. The summed E-state index contributed by atoms with van der Waals surface area (Å²) >= 11 is 7.83. The van der Waals surface area contributed by atoms with E-state index in [4.69, 9.17) is 21.3 Å². The summed E-state index contributed by atoms with van der Waals surface area (Å²) in [5.41, 5.74) is 1.05. The van der Waals surface area contributed by atoms with Crippen LogP contribution in [0.3, 0.4) is 0 Å². The lowest BCUT2D eigenvalue weighted by Crippen LogP contribution is -2.44. The molecule has 4 nitrogen and oxygen atoms in total. The van der Waals surface area contributed by atoms with Crippen LogP contribution in [0, 0.1) is 5.92 Å². The van der Waals surface area contributed by atoms with Crippen LogP contribution in [-0.4, -0.2) is 43.9 Å². The molecule has 1 aromatic heterocycles. The number of halogens is 1. The fraction of sp³-hybridized carbons (Fsp3) is 0.611. The summed E-state index contributed by atoms with van der Waals surface area (Å²) < 4.78 is 6.75. The largest absolute Gasteiger partial charge is 0.381 e. The van der Waals surface area contributed by atoms with Crippen LogP contribution in [0.2, 0.25) is 5.02 Å². The van der Waals surface area contributed by atoms with E-state index in [1.54, 1.807) is 11.3 Å². The predicted octanol–water partition coefficient (Wildman–Crippen LogP) is 3.93. The van der Waals surface area contributed by atoms with Crippen molar-refractivity contribution in [2.75, 3.05) is 37.7 Å². The molecule has 4 rings (SSSR count). The van der Waals surface area contributed by atoms with Crippen LogP contribution >= 0.6 is 22.9 Å².